The number of carbonyl (C=O) groups excluding carboxylic acids is 3. The second-order valence-corrected chi connectivity index (χ2v) is 6.77. The Morgan fingerprint density at radius 3 is 2.59 bits per heavy atom. The van der Waals surface area contributed by atoms with E-state index >= 15 is 0 Å². The number of nitrogens with one attached hydrogen (secondary N) is 2. The molecule has 27 heavy (non-hydrogen) atoms. The lowest BCUT2D eigenvalue weighted by Gasteiger charge is -2.31. The zero-order valence-electron chi connectivity index (χ0n) is 15.5. The summed E-state index contributed by atoms with van der Waals surface area (Å²) in [4.78, 5) is 37.4. The van der Waals surface area contributed by atoms with E-state index in [1.165, 1.54) is 0 Å². The van der Waals surface area contributed by atoms with Gasteiger partial charge in [-0.2, -0.15) is 0 Å². The summed E-state index contributed by atoms with van der Waals surface area (Å²) in [5.74, 6) is -0.288. The van der Waals surface area contributed by atoms with Gasteiger partial charge in [0.05, 0.1) is 17.2 Å². The first-order chi connectivity index (χ1) is 13.0. The molecule has 0 bridgehead atoms. The molecule has 1 heterocycles. The Kier molecular flexibility index (Phi) is 8.39. The summed E-state index contributed by atoms with van der Waals surface area (Å²) in [6.07, 6.45) is 2.02. The maximum atomic E-state index is 12.0. The molecule has 2 N–H and O–H groups in total. The molecule has 0 aromatic heterocycles. The minimum absolute atomic E-state index is 0.0448. The Bertz CT molecular complexity index is 660. The summed E-state index contributed by atoms with van der Waals surface area (Å²) in [5, 5.41) is 6.16. The van der Waals surface area contributed by atoms with E-state index in [0.29, 0.717) is 62.5 Å². The van der Waals surface area contributed by atoms with Crippen molar-refractivity contribution < 1.29 is 19.1 Å². The van der Waals surface area contributed by atoms with Gasteiger partial charge in [0.25, 0.3) is 5.91 Å². The van der Waals surface area contributed by atoms with Crippen LogP contribution in [0.5, 0.6) is 0 Å². The molecule has 2 rings (SSSR count). The Morgan fingerprint density at radius 2 is 1.93 bits per heavy atom. The number of piperidine rings is 1. The van der Waals surface area contributed by atoms with E-state index in [-0.39, 0.29) is 23.9 Å². The van der Waals surface area contributed by atoms with Gasteiger partial charge in [0, 0.05) is 32.1 Å². The van der Waals surface area contributed by atoms with Gasteiger partial charge in [-0.3, -0.25) is 9.59 Å². The van der Waals surface area contributed by atoms with Crippen molar-refractivity contribution >= 4 is 29.5 Å². The standard InChI is InChI=1S/C19H26ClN3O4/c1-2-27-19(26)23-12-9-14(10-13-23)22-17(24)8-5-11-21-18(25)15-6-3-4-7-16(15)20/h3-4,6-7,14H,2,5,8-13H2,1H3,(H,21,25)(H,22,24). The van der Waals surface area contributed by atoms with Crippen LogP contribution in [0.25, 0.3) is 0 Å². The predicted molar refractivity (Wildman–Crippen MR) is 103 cm³/mol. The van der Waals surface area contributed by atoms with Crippen LogP contribution in [-0.2, 0) is 9.53 Å². The van der Waals surface area contributed by atoms with E-state index in [2.05, 4.69) is 10.6 Å². The van der Waals surface area contributed by atoms with Crippen molar-refractivity contribution in [2.45, 2.75) is 38.6 Å². The van der Waals surface area contributed by atoms with Crippen molar-refractivity contribution in [2.75, 3.05) is 26.2 Å². The minimum Gasteiger partial charge on any atom is -0.450 e. The summed E-state index contributed by atoms with van der Waals surface area (Å²) >= 11 is 5.98. The van der Waals surface area contributed by atoms with Crippen LogP contribution in [0.1, 0.15) is 43.0 Å². The van der Waals surface area contributed by atoms with E-state index in [0.717, 1.165) is 0 Å². The summed E-state index contributed by atoms with van der Waals surface area (Å²) in [7, 11) is 0. The highest BCUT2D eigenvalue weighted by atomic mass is 35.5. The second-order valence-electron chi connectivity index (χ2n) is 6.37. The molecule has 0 atom stereocenters. The second kappa shape index (κ2) is 10.8. The van der Waals surface area contributed by atoms with Gasteiger partial charge in [0.15, 0.2) is 0 Å². The smallest absolute Gasteiger partial charge is 0.409 e. The summed E-state index contributed by atoms with van der Waals surface area (Å²) in [5.41, 5.74) is 0.428. The number of amides is 3. The van der Waals surface area contributed by atoms with Gasteiger partial charge in [0.1, 0.15) is 0 Å². The molecule has 148 valence electrons. The van der Waals surface area contributed by atoms with Gasteiger partial charge >= 0.3 is 6.09 Å². The number of hydrogen-bond acceptors (Lipinski definition) is 4. The summed E-state index contributed by atoms with van der Waals surface area (Å²) < 4.78 is 4.98. The predicted octanol–water partition coefficient (Wildman–Crippen LogP) is 2.59. The van der Waals surface area contributed by atoms with Crippen molar-refractivity contribution in [3.05, 3.63) is 34.9 Å². The highest BCUT2D eigenvalue weighted by Crippen LogP contribution is 2.14. The van der Waals surface area contributed by atoms with Crippen molar-refractivity contribution in [1.29, 1.82) is 0 Å². The van der Waals surface area contributed by atoms with Crippen LogP contribution >= 0.6 is 11.6 Å². The van der Waals surface area contributed by atoms with Crippen molar-refractivity contribution in [1.82, 2.24) is 15.5 Å². The molecule has 3 amide bonds. The summed E-state index contributed by atoms with van der Waals surface area (Å²) in [6.45, 7) is 3.71. The SMILES string of the molecule is CCOC(=O)N1CCC(NC(=O)CCCNC(=O)c2ccccc2Cl)CC1. The molecule has 0 aliphatic carbocycles. The lowest BCUT2D eigenvalue weighted by molar-refractivity contribution is -0.122. The van der Waals surface area contributed by atoms with Crippen LogP contribution in [0, 0.1) is 0 Å². The van der Waals surface area contributed by atoms with Crippen LogP contribution in [-0.4, -0.2) is 55.1 Å². The maximum absolute atomic E-state index is 12.0. The molecular formula is C19H26ClN3O4. The molecule has 1 aliphatic heterocycles. The molecule has 1 aromatic carbocycles. The fourth-order valence-corrected chi connectivity index (χ4v) is 3.13. The zero-order valence-corrected chi connectivity index (χ0v) is 16.3. The van der Waals surface area contributed by atoms with Crippen LogP contribution in [0.3, 0.4) is 0 Å². The van der Waals surface area contributed by atoms with Gasteiger partial charge in [-0.1, -0.05) is 23.7 Å². The van der Waals surface area contributed by atoms with E-state index in [1.54, 1.807) is 36.1 Å². The normalized spacial score (nSPS) is 14.5. The van der Waals surface area contributed by atoms with Crippen molar-refractivity contribution in [3.8, 4) is 0 Å². The average Bonchev–Trinajstić information content (AvgIpc) is 2.66. The molecule has 7 nitrogen and oxygen atoms in total. The molecule has 8 heteroatoms. The highest BCUT2D eigenvalue weighted by molar-refractivity contribution is 6.33. The van der Waals surface area contributed by atoms with E-state index < -0.39 is 0 Å². The first kappa shape index (κ1) is 21.0. The van der Waals surface area contributed by atoms with E-state index in [9.17, 15) is 14.4 Å². The number of ether oxygens (including phenoxy) is 1. The first-order valence-electron chi connectivity index (χ1n) is 9.25. The Balaban J connectivity index is 1.61. The number of halogens is 1. The Hall–Kier alpha value is -2.28. The Labute approximate surface area is 164 Å². The van der Waals surface area contributed by atoms with Gasteiger partial charge in [-0.25, -0.2) is 4.79 Å². The maximum Gasteiger partial charge on any atom is 0.409 e. The molecule has 0 radical (unpaired) electrons. The molecule has 1 aromatic rings. The first-order valence-corrected chi connectivity index (χ1v) is 9.62. The number of hydrogen-bond donors (Lipinski definition) is 2. The van der Waals surface area contributed by atoms with E-state index in [1.807, 2.05) is 0 Å². The molecule has 1 fully saturated rings. The quantitative estimate of drug-likeness (QED) is 0.694. The highest BCUT2D eigenvalue weighted by Gasteiger charge is 2.24. The third kappa shape index (κ3) is 6.75. The van der Waals surface area contributed by atoms with Gasteiger partial charge < -0.3 is 20.3 Å². The van der Waals surface area contributed by atoms with Gasteiger partial charge in [-0.15, -0.1) is 0 Å². The van der Waals surface area contributed by atoms with Gasteiger partial charge in [0.2, 0.25) is 5.91 Å². The van der Waals surface area contributed by atoms with Crippen LogP contribution < -0.4 is 10.6 Å². The lowest BCUT2D eigenvalue weighted by atomic mass is 10.1. The van der Waals surface area contributed by atoms with Crippen LogP contribution in [0.15, 0.2) is 24.3 Å². The zero-order chi connectivity index (χ0) is 19.6. The Morgan fingerprint density at radius 1 is 1.22 bits per heavy atom. The molecule has 1 saturated heterocycles. The number of benzene rings is 1. The molecule has 0 saturated carbocycles. The number of likely N-dealkylation sites (tertiary alicyclic amines) is 1. The molecule has 0 unspecified atom stereocenters. The summed E-state index contributed by atoms with van der Waals surface area (Å²) in [6, 6.07) is 6.91. The van der Waals surface area contributed by atoms with Crippen molar-refractivity contribution in [2.24, 2.45) is 0 Å². The number of nitrogens with zero attached hydrogens (tertiary/aromatic N) is 1. The lowest BCUT2D eigenvalue weighted by Crippen LogP contribution is -2.46. The van der Waals surface area contributed by atoms with Crippen molar-refractivity contribution in [3.63, 3.8) is 0 Å². The molecule has 0 spiro atoms. The molecular weight excluding hydrogens is 370 g/mol. The number of carbonyl (C=O) groups is 3. The monoisotopic (exact) mass is 395 g/mol. The average molecular weight is 396 g/mol. The topological polar surface area (TPSA) is 87.7 Å². The van der Waals surface area contributed by atoms with Gasteiger partial charge in [-0.05, 0) is 38.3 Å². The number of rotatable bonds is 7. The van der Waals surface area contributed by atoms with Crippen LogP contribution in [0.2, 0.25) is 5.02 Å². The minimum atomic E-state index is -0.295. The van der Waals surface area contributed by atoms with Crippen LogP contribution in [0.4, 0.5) is 4.79 Å². The molecule has 1 aliphatic rings. The third-order valence-electron chi connectivity index (χ3n) is 4.37. The third-order valence-corrected chi connectivity index (χ3v) is 4.70. The fraction of sp³-hybridized carbons (Fsp3) is 0.526. The largest absolute Gasteiger partial charge is 0.450 e. The fourth-order valence-electron chi connectivity index (χ4n) is 2.91. The van der Waals surface area contributed by atoms with E-state index in [4.69, 9.17) is 16.3 Å².